The summed E-state index contributed by atoms with van der Waals surface area (Å²) in [7, 11) is 0. The van der Waals surface area contributed by atoms with Gasteiger partial charge in [0.2, 0.25) is 5.28 Å². The minimum atomic E-state index is 0.150. The second-order valence-corrected chi connectivity index (χ2v) is 9.37. The zero-order chi connectivity index (χ0) is 25.5. The van der Waals surface area contributed by atoms with E-state index in [9.17, 15) is 0 Å². The monoisotopic (exact) mass is 509 g/mol. The topological polar surface area (TPSA) is 51.8 Å². The molecule has 5 aromatic carbocycles. The van der Waals surface area contributed by atoms with Gasteiger partial charge >= 0.3 is 0 Å². The van der Waals surface area contributed by atoms with Gasteiger partial charge in [-0.05, 0) is 40.4 Å². The van der Waals surface area contributed by atoms with Gasteiger partial charge in [-0.1, -0.05) is 109 Å². The predicted octanol–water partition coefficient (Wildman–Crippen LogP) is 9.09. The summed E-state index contributed by atoms with van der Waals surface area (Å²) in [5.41, 5.74) is 7.76. The number of halogens is 1. The zero-order valence-corrected chi connectivity index (χ0v) is 20.9. The van der Waals surface area contributed by atoms with Crippen molar-refractivity contribution in [2.45, 2.75) is 0 Å². The molecule has 0 saturated carbocycles. The lowest BCUT2D eigenvalue weighted by molar-refractivity contribution is 0.670. The molecule has 2 heterocycles. The number of benzene rings is 5. The number of aromatic nitrogens is 3. The van der Waals surface area contributed by atoms with Gasteiger partial charge in [-0.3, -0.25) is 0 Å². The van der Waals surface area contributed by atoms with Crippen LogP contribution in [-0.2, 0) is 0 Å². The van der Waals surface area contributed by atoms with Crippen molar-refractivity contribution in [1.82, 2.24) is 15.0 Å². The fraction of sp³-hybridized carbons (Fsp3) is 0. The first-order valence-electron chi connectivity index (χ1n) is 12.3. The molecule has 0 spiro atoms. The van der Waals surface area contributed by atoms with Crippen LogP contribution in [-0.4, -0.2) is 15.0 Å². The summed E-state index contributed by atoms with van der Waals surface area (Å²) in [5.74, 6) is 1.04. The van der Waals surface area contributed by atoms with E-state index >= 15 is 0 Å². The quantitative estimate of drug-likeness (QED) is 0.237. The molecule has 38 heavy (non-hydrogen) atoms. The SMILES string of the molecule is Clc1nc(-c2ccccc2)nc(-c2cccc3oc4c(-c5cccc(-c6ccccc6)c5)cccc4c23)n1. The van der Waals surface area contributed by atoms with Gasteiger partial charge in [0.25, 0.3) is 0 Å². The highest BCUT2D eigenvalue weighted by Gasteiger charge is 2.18. The maximum atomic E-state index is 6.49. The molecule has 2 aromatic heterocycles. The van der Waals surface area contributed by atoms with E-state index < -0.39 is 0 Å². The summed E-state index contributed by atoms with van der Waals surface area (Å²) in [5, 5.41) is 2.10. The van der Waals surface area contributed by atoms with Gasteiger partial charge in [0.15, 0.2) is 11.6 Å². The normalized spacial score (nSPS) is 11.3. The van der Waals surface area contributed by atoms with Gasteiger partial charge < -0.3 is 4.42 Å². The smallest absolute Gasteiger partial charge is 0.226 e. The maximum absolute atomic E-state index is 6.49. The van der Waals surface area contributed by atoms with Crippen molar-refractivity contribution in [2.75, 3.05) is 0 Å². The van der Waals surface area contributed by atoms with E-state index in [4.69, 9.17) is 21.0 Å². The molecule has 0 radical (unpaired) electrons. The minimum Gasteiger partial charge on any atom is -0.455 e. The van der Waals surface area contributed by atoms with Crippen LogP contribution in [0.1, 0.15) is 0 Å². The molecule has 0 aliphatic heterocycles. The third-order valence-corrected chi connectivity index (χ3v) is 6.85. The van der Waals surface area contributed by atoms with Gasteiger partial charge in [0, 0.05) is 27.5 Å². The summed E-state index contributed by atoms with van der Waals surface area (Å²) >= 11 is 6.38. The average molecular weight is 510 g/mol. The number of hydrogen-bond donors (Lipinski definition) is 0. The molecule has 0 saturated heterocycles. The van der Waals surface area contributed by atoms with Gasteiger partial charge in [-0.2, -0.15) is 9.97 Å². The number of nitrogens with zero attached hydrogens (tertiary/aromatic N) is 3. The average Bonchev–Trinajstić information content (AvgIpc) is 3.37. The van der Waals surface area contributed by atoms with Crippen LogP contribution in [0.15, 0.2) is 126 Å². The van der Waals surface area contributed by atoms with Gasteiger partial charge in [-0.15, -0.1) is 0 Å². The molecule has 0 bridgehead atoms. The Kier molecular flexibility index (Phi) is 5.46. The third-order valence-electron chi connectivity index (χ3n) is 6.68. The van der Waals surface area contributed by atoms with Crippen molar-refractivity contribution >= 4 is 33.5 Å². The molecule has 7 rings (SSSR count). The second kappa shape index (κ2) is 9.25. The molecule has 0 aliphatic rings. The maximum Gasteiger partial charge on any atom is 0.226 e. The van der Waals surface area contributed by atoms with E-state index in [1.807, 2.05) is 54.6 Å². The standard InChI is InChI=1S/C33H20ClN3O/c34-33-36-31(22-12-5-2-6-13-22)35-32(37-33)27-18-9-19-28-29(27)26-17-8-16-25(30(26)38-28)24-15-7-14-23(20-24)21-10-3-1-4-11-21/h1-20H. The van der Waals surface area contributed by atoms with E-state index in [-0.39, 0.29) is 5.28 Å². The minimum absolute atomic E-state index is 0.150. The summed E-state index contributed by atoms with van der Waals surface area (Å²) in [4.78, 5) is 13.6. The van der Waals surface area contributed by atoms with Crippen LogP contribution < -0.4 is 0 Å². The highest BCUT2D eigenvalue weighted by molar-refractivity contribution is 6.28. The summed E-state index contributed by atoms with van der Waals surface area (Å²) in [6, 6.07) is 40.9. The van der Waals surface area contributed by atoms with E-state index in [1.165, 1.54) is 5.56 Å². The number of rotatable bonds is 4. The highest BCUT2D eigenvalue weighted by atomic mass is 35.5. The molecule has 0 amide bonds. The number of hydrogen-bond acceptors (Lipinski definition) is 4. The Balaban J connectivity index is 1.42. The molecule has 4 nitrogen and oxygen atoms in total. The first-order valence-corrected chi connectivity index (χ1v) is 12.7. The Labute approximate surface area is 224 Å². The van der Waals surface area contributed by atoms with E-state index in [0.717, 1.165) is 49.8 Å². The first-order chi connectivity index (χ1) is 18.7. The molecule has 0 unspecified atom stereocenters. The first kappa shape index (κ1) is 22.4. The van der Waals surface area contributed by atoms with Gasteiger partial charge in [-0.25, -0.2) is 4.98 Å². The van der Waals surface area contributed by atoms with E-state index in [0.29, 0.717) is 11.6 Å². The fourth-order valence-corrected chi connectivity index (χ4v) is 5.11. The predicted molar refractivity (Wildman–Crippen MR) is 154 cm³/mol. The Morgan fingerprint density at radius 3 is 1.95 bits per heavy atom. The molecule has 180 valence electrons. The lowest BCUT2D eigenvalue weighted by atomic mass is 9.97. The van der Waals surface area contributed by atoms with Crippen LogP contribution in [0, 0.1) is 0 Å². The fourth-order valence-electron chi connectivity index (χ4n) is 4.95. The summed E-state index contributed by atoms with van der Waals surface area (Å²) in [6.07, 6.45) is 0. The molecule has 0 fully saturated rings. The van der Waals surface area contributed by atoms with E-state index in [2.05, 4.69) is 76.7 Å². The van der Waals surface area contributed by atoms with Crippen molar-refractivity contribution in [3.05, 3.63) is 127 Å². The number of para-hydroxylation sites is 1. The van der Waals surface area contributed by atoms with Crippen molar-refractivity contribution in [3.8, 4) is 45.0 Å². The zero-order valence-electron chi connectivity index (χ0n) is 20.2. The Morgan fingerprint density at radius 1 is 0.500 bits per heavy atom. The molecule has 0 N–H and O–H groups in total. The molecule has 0 atom stereocenters. The van der Waals surface area contributed by atoms with Crippen LogP contribution >= 0.6 is 11.6 Å². The van der Waals surface area contributed by atoms with Crippen molar-refractivity contribution in [3.63, 3.8) is 0 Å². The molecule has 7 aromatic rings. The van der Waals surface area contributed by atoms with Gasteiger partial charge in [0.05, 0.1) is 0 Å². The molecule has 0 aliphatic carbocycles. The Bertz CT molecular complexity index is 1930. The molecular formula is C33H20ClN3O. The van der Waals surface area contributed by atoms with Crippen LogP contribution in [0.5, 0.6) is 0 Å². The van der Waals surface area contributed by atoms with Crippen LogP contribution in [0.2, 0.25) is 5.28 Å². The third kappa shape index (κ3) is 3.92. The van der Waals surface area contributed by atoms with Crippen molar-refractivity contribution in [1.29, 1.82) is 0 Å². The lowest BCUT2D eigenvalue weighted by Crippen LogP contribution is -1.97. The lowest BCUT2D eigenvalue weighted by Gasteiger charge is -2.07. The van der Waals surface area contributed by atoms with Crippen molar-refractivity contribution in [2.24, 2.45) is 0 Å². The number of furan rings is 1. The Morgan fingerprint density at radius 2 is 1.13 bits per heavy atom. The van der Waals surface area contributed by atoms with Crippen LogP contribution in [0.3, 0.4) is 0 Å². The number of fused-ring (bicyclic) bond motifs is 3. The van der Waals surface area contributed by atoms with Crippen molar-refractivity contribution < 1.29 is 4.42 Å². The molecule has 5 heteroatoms. The van der Waals surface area contributed by atoms with Crippen LogP contribution in [0.25, 0.3) is 67.0 Å². The van der Waals surface area contributed by atoms with Crippen LogP contribution in [0.4, 0.5) is 0 Å². The molecular weight excluding hydrogens is 490 g/mol. The summed E-state index contributed by atoms with van der Waals surface area (Å²) in [6.45, 7) is 0. The second-order valence-electron chi connectivity index (χ2n) is 9.03. The van der Waals surface area contributed by atoms with E-state index in [1.54, 1.807) is 0 Å². The summed E-state index contributed by atoms with van der Waals surface area (Å²) < 4.78 is 6.49. The highest BCUT2D eigenvalue weighted by Crippen LogP contribution is 2.40. The Hall–Kier alpha value is -4.80. The van der Waals surface area contributed by atoms with Gasteiger partial charge in [0.1, 0.15) is 11.2 Å². The largest absolute Gasteiger partial charge is 0.455 e.